The number of hydrogen-bond acceptors (Lipinski definition) is 7. The van der Waals surface area contributed by atoms with Crippen molar-refractivity contribution in [1.29, 1.82) is 0 Å². The maximum Gasteiger partial charge on any atom is 0.330 e. The van der Waals surface area contributed by atoms with Crippen molar-refractivity contribution in [3.8, 4) is 0 Å². The van der Waals surface area contributed by atoms with E-state index in [4.69, 9.17) is 4.74 Å². The van der Waals surface area contributed by atoms with E-state index in [-0.39, 0.29) is 30.2 Å². The Morgan fingerprint density at radius 2 is 1.95 bits per heavy atom. The Morgan fingerprint density at radius 1 is 1.16 bits per heavy atom. The Labute approximate surface area is 221 Å². The van der Waals surface area contributed by atoms with E-state index in [0.29, 0.717) is 28.8 Å². The van der Waals surface area contributed by atoms with Crippen LogP contribution in [0.1, 0.15) is 45.6 Å². The van der Waals surface area contributed by atoms with Crippen LogP contribution in [0.3, 0.4) is 0 Å². The van der Waals surface area contributed by atoms with Crippen molar-refractivity contribution in [3.05, 3.63) is 41.5 Å². The Bertz CT molecular complexity index is 1100. The fourth-order valence-corrected chi connectivity index (χ4v) is 6.75. The molecule has 1 aromatic carbocycles. The first kappa shape index (κ1) is 27.0. The van der Waals surface area contributed by atoms with Gasteiger partial charge in [0.1, 0.15) is 17.0 Å². The second-order valence-corrected chi connectivity index (χ2v) is 11.8. The van der Waals surface area contributed by atoms with Gasteiger partial charge in [0, 0.05) is 11.4 Å². The zero-order valence-electron chi connectivity index (χ0n) is 21.7. The highest BCUT2D eigenvalue weighted by molar-refractivity contribution is 8.00. The quantitative estimate of drug-likeness (QED) is 0.411. The molecule has 1 saturated heterocycles. The maximum absolute atomic E-state index is 13.4. The lowest BCUT2D eigenvalue weighted by Crippen LogP contribution is -2.51. The summed E-state index contributed by atoms with van der Waals surface area (Å²) in [7, 11) is 1.32. The molecular formula is C27H35N3O6S. The van der Waals surface area contributed by atoms with E-state index in [0.717, 1.165) is 12.8 Å². The SMILES string of the molecule is COC(=O)Cc1cccc(NC(=O)NCC(=O)N2[C@@H](C3=C[C@@H]4CC[C@@H]3C4)SC[C@H]2C(=O)OC(C)(C)C)c1. The molecule has 4 atom stereocenters. The molecule has 3 amide bonds. The van der Waals surface area contributed by atoms with E-state index in [1.165, 1.54) is 19.1 Å². The van der Waals surface area contributed by atoms with Crippen LogP contribution in [0.15, 0.2) is 35.9 Å². The van der Waals surface area contributed by atoms with Gasteiger partial charge in [0.2, 0.25) is 5.91 Å². The fraction of sp³-hybridized carbons (Fsp3) is 0.556. The molecule has 2 bridgehead atoms. The maximum atomic E-state index is 13.4. The van der Waals surface area contributed by atoms with Gasteiger partial charge in [-0.25, -0.2) is 9.59 Å². The van der Waals surface area contributed by atoms with Gasteiger partial charge in [0.05, 0.1) is 20.1 Å². The number of esters is 2. The number of anilines is 1. The van der Waals surface area contributed by atoms with Crippen LogP contribution in [-0.4, -0.2) is 65.2 Å². The van der Waals surface area contributed by atoms with Crippen LogP contribution in [0.5, 0.6) is 0 Å². The standard InChI is InChI=1S/C27H35N3O6S/c1-27(2,3)36-25(33)21-15-37-24(20-12-17-8-9-18(20)10-17)30(21)22(31)14-28-26(34)29-19-7-5-6-16(11-19)13-23(32)35-4/h5-7,11-12,17-18,21,24H,8-10,13-15H2,1-4H3,(H2,28,29,34)/t17-,18-,21+,24-/m1/s1. The number of nitrogens with zero attached hydrogens (tertiary/aromatic N) is 1. The van der Waals surface area contributed by atoms with Gasteiger partial charge in [-0.1, -0.05) is 18.2 Å². The second-order valence-electron chi connectivity index (χ2n) is 10.7. The van der Waals surface area contributed by atoms with Crippen LogP contribution in [-0.2, 0) is 30.3 Å². The third-order valence-electron chi connectivity index (χ3n) is 6.79. The van der Waals surface area contributed by atoms with Crippen LogP contribution in [0.2, 0.25) is 0 Å². The number of ether oxygens (including phenoxy) is 2. The van der Waals surface area contributed by atoms with Gasteiger partial charge in [-0.15, -0.1) is 11.8 Å². The molecular weight excluding hydrogens is 494 g/mol. The summed E-state index contributed by atoms with van der Waals surface area (Å²) in [6.07, 6.45) is 5.77. The number of fused-ring (bicyclic) bond motifs is 2. The first-order valence-corrected chi connectivity index (χ1v) is 13.7. The lowest BCUT2D eigenvalue weighted by atomic mass is 9.97. The predicted molar refractivity (Wildman–Crippen MR) is 141 cm³/mol. The molecule has 1 aliphatic heterocycles. The molecule has 1 saturated carbocycles. The minimum atomic E-state index is -0.707. The predicted octanol–water partition coefficient (Wildman–Crippen LogP) is 3.49. The van der Waals surface area contributed by atoms with Crippen molar-refractivity contribution >= 4 is 41.3 Å². The van der Waals surface area contributed by atoms with Crippen molar-refractivity contribution in [2.45, 2.75) is 63.5 Å². The van der Waals surface area contributed by atoms with Gasteiger partial charge in [0.15, 0.2) is 0 Å². The fourth-order valence-electron chi connectivity index (χ4n) is 5.20. The van der Waals surface area contributed by atoms with Gasteiger partial charge >= 0.3 is 18.0 Å². The first-order chi connectivity index (χ1) is 17.5. The van der Waals surface area contributed by atoms with E-state index in [9.17, 15) is 19.2 Å². The van der Waals surface area contributed by atoms with Crippen molar-refractivity contribution < 1.29 is 28.7 Å². The topological polar surface area (TPSA) is 114 Å². The molecule has 0 radical (unpaired) electrons. The summed E-state index contributed by atoms with van der Waals surface area (Å²) in [6, 6.07) is 5.58. The monoisotopic (exact) mass is 529 g/mol. The number of nitrogens with one attached hydrogen (secondary N) is 2. The van der Waals surface area contributed by atoms with E-state index in [2.05, 4.69) is 21.4 Å². The molecule has 3 aliphatic rings. The number of hydrogen-bond donors (Lipinski definition) is 2. The van der Waals surface area contributed by atoms with Gasteiger partial charge in [-0.05, 0) is 75.1 Å². The smallest absolute Gasteiger partial charge is 0.330 e. The Kier molecular flexibility index (Phi) is 8.16. The number of thioether (sulfide) groups is 1. The Hall–Kier alpha value is -3.01. The molecule has 37 heavy (non-hydrogen) atoms. The average Bonchev–Trinajstić information content (AvgIpc) is 3.57. The third-order valence-corrected chi connectivity index (χ3v) is 8.11. The molecule has 9 nitrogen and oxygen atoms in total. The van der Waals surface area contributed by atoms with Crippen molar-refractivity contribution in [2.75, 3.05) is 24.7 Å². The van der Waals surface area contributed by atoms with E-state index >= 15 is 0 Å². The normalized spacial score (nSPS) is 24.4. The highest BCUT2D eigenvalue weighted by Crippen LogP contribution is 2.49. The lowest BCUT2D eigenvalue weighted by molar-refractivity contribution is -0.163. The van der Waals surface area contributed by atoms with E-state index < -0.39 is 23.6 Å². The zero-order valence-corrected chi connectivity index (χ0v) is 22.6. The summed E-state index contributed by atoms with van der Waals surface area (Å²) in [5, 5.41) is 5.09. The first-order valence-electron chi connectivity index (χ1n) is 12.6. The Morgan fingerprint density at radius 3 is 2.59 bits per heavy atom. The average molecular weight is 530 g/mol. The molecule has 2 aliphatic carbocycles. The molecule has 2 fully saturated rings. The molecule has 2 N–H and O–H groups in total. The van der Waals surface area contributed by atoms with Crippen LogP contribution in [0.4, 0.5) is 10.5 Å². The number of urea groups is 1. The van der Waals surface area contributed by atoms with Crippen LogP contribution >= 0.6 is 11.8 Å². The number of methoxy groups -OCH3 is 1. The number of carbonyl (C=O) groups is 4. The Balaban J connectivity index is 1.42. The minimum absolute atomic E-state index is 0.0872. The van der Waals surface area contributed by atoms with Gasteiger partial charge in [-0.2, -0.15) is 0 Å². The van der Waals surface area contributed by atoms with Crippen molar-refractivity contribution in [2.24, 2.45) is 11.8 Å². The van der Waals surface area contributed by atoms with Crippen molar-refractivity contribution in [3.63, 3.8) is 0 Å². The third kappa shape index (κ3) is 6.66. The number of rotatable bonds is 7. The van der Waals surface area contributed by atoms with Gasteiger partial charge in [-0.3, -0.25) is 9.59 Å². The molecule has 4 rings (SSSR count). The van der Waals surface area contributed by atoms with Crippen LogP contribution in [0, 0.1) is 11.8 Å². The summed E-state index contributed by atoms with van der Waals surface area (Å²) < 4.78 is 10.3. The number of carbonyl (C=O) groups excluding carboxylic acids is 4. The minimum Gasteiger partial charge on any atom is -0.469 e. The van der Waals surface area contributed by atoms with E-state index in [1.54, 1.807) is 61.7 Å². The summed E-state index contributed by atoms with van der Waals surface area (Å²) >= 11 is 1.59. The van der Waals surface area contributed by atoms with Gasteiger partial charge in [0.25, 0.3) is 0 Å². The molecule has 10 heteroatoms. The molecule has 0 unspecified atom stereocenters. The van der Waals surface area contributed by atoms with E-state index in [1.807, 2.05) is 0 Å². The summed E-state index contributed by atoms with van der Waals surface area (Å²) in [6.45, 7) is 5.16. The zero-order chi connectivity index (χ0) is 26.7. The summed E-state index contributed by atoms with van der Waals surface area (Å²) in [4.78, 5) is 52.2. The van der Waals surface area contributed by atoms with Crippen molar-refractivity contribution in [1.82, 2.24) is 10.2 Å². The lowest BCUT2D eigenvalue weighted by Gasteiger charge is -2.33. The van der Waals surface area contributed by atoms with Gasteiger partial charge < -0.3 is 25.0 Å². The largest absolute Gasteiger partial charge is 0.469 e. The molecule has 1 aromatic rings. The molecule has 1 heterocycles. The molecule has 0 spiro atoms. The molecule has 0 aromatic heterocycles. The number of amides is 3. The van der Waals surface area contributed by atoms with Crippen LogP contribution in [0.25, 0.3) is 0 Å². The highest BCUT2D eigenvalue weighted by atomic mass is 32.2. The number of benzene rings is 1. The summed E-state index contributed by atoms with van der Waals surface area (Å²) in [5.74, 6) is 0.325. The second kappa shape index (κ2) is 11.2. The highest BCUT2D eigenvalue weighted by Gasteiger charge is 2.48. The van der Waals surface area contributed by atoms with Crippen LogP contribution < -0.4 is 10.6 Å². The molecule has 200 valence electrons. The summed E-state index contributed by atoms with van der Waals surface area (Å²) in [5.41, 5.74) is 1.74. The number of allylic oxidation sites excluding steroid dienone is 1.